The first-order chi connectivity index (χ1) is 15.7. The molecular formula is C23H31N3O6S. The number of hydrogen-bond acceptors (Lipinski definition) is 7. The molecule has 3 rings (SSSR count). The van der Waals surface area contributed by atoms with Gasteiger partial charge in [-0.1, -0.05) is 19.1 Å². The van der Waals surface area contributed by atoms with Crippen LogP contribution in [0.4, 0.5) is 0 Å². The summed E-state index contributed by atoms with van der Waals surface area (Å²) >= 11 is 0. The van der Waals surface area contributed by atoms with E-state index in [1.54, 1.807) is 44.6 Å². The van der Waals surface area contributed by atoms with Crippen LogP contribution in [0.5, 0.6) is 5.75 Å². The van der Waals surface area contributed by atoms with Gasteiger partial charge in [-0.15, -0.1) is 0 Å². The maximum absolute atomic E-state index is 13.5. The number of amides is 1. The quantitative estimate of drug-likeness (QED) is 0.645. The highest BCUT2D eigenvalue weighted by Crippen LogP contribution is 2.36. The number of ether oxygens (including phenoxy) is 2. The number of aliphatic hydroxyl groups excluding tert-OH is 1. The number of likely N-dealkylation sites (N-methyl/N-ethyl adjacent to an activating group) is 1. The fraction of sp³-hybridized carbons (Fsp3) is 0.478. The zero-order chi connectivity index (χ0) is 24.2. The maximum atomic E-state index is 13.5. The minimum absolute atomic E-state index is 0.0261. The van der Waals surface area contributed by atoms with Crippen LogP contribution in [0.2, 0.25) is 0 Å². The Labute approximate surface area is 195 Å². The van der Waals surface area contributed by atoms with Gasteiger partial charge >= 0.3 is 0 Å². The molecule has 2 heterocycles. The van der Waals surface area contributed by atoms with Crippen molar-refractivity contribution in [3.05, 3.63) is 42.7 Å². The van der Waals surface area contributed by atoms with E-state index in [1.165, 1.54) is 22.4 Å². The van der Waals surface area contributed by atoms with Gasteiger partial charge in [-0.3, -0.25) is 9.78 Å². The van der Waals surface area contributed by atoms with Crippen molar-refractivity contribution >= 4 is 15.9 Å². The molecule has 0 saturated carbocycles. The third-order valence-corrected chi connectivity index (χ3v) is 7.83. The summed E-state index contributed by atoms with van der Waals surface area (Å²) in [7, 11) is -0.815. The van der Waals surface area contributed by atoms with Crippen LogP contribution >= 0.6 is 0 Å². The average molecular weight is 478 g/mol. The highest BCUT2D eigenvalue weighted by molar-refractivity contribution is 7.89. The molecule has 0 saturated heterocycles. The second-order valence-corrected chi connectivity index (χ2v) is 10.2. The van der Waals surface area contributed by atoms with Gasteiger partial charge in [0, 0.05) is 50.6 Å². The molecule has 1 N–H and O–H groups in total. The molecule has 9 nitrogen and oxygen atoms in total. The van der Waals surface area contributed by atoms with Crippen molar-refractivity contribution in [2.45, 2.75) is 30.9 Å². The molecule has 0 radical (unpaired) electrons. The summed E-state index contributed by atoms with van der Waals surface area (Å²) < 4.78 is 39.6. The van der Waals surface area contributed by atoms with Crippen molar-refractivity contribution in [2.75, 3.05) is 40.5 Å². The number of sulfonamides is 1. The van der Waals surface area contributed by atoms with Crippen LogP contribution in [0, 0.1) is 5.92 Å². The Morgan fingerprint density at radius 1 is 1.36 bits per heavy atom. The molecule has 1 aliphatic heterocycles. The number of hydrogen-bond donors (Lipinski definition) is 1. The predicted octanol–water partition coefficient (Wildman–Crippen LogP) is 1.62. The molecular weight excluding hydrogens is 446 g/mol. The van der Waals surface area contributed by atoms with Gasteiger partial charge in [0.1, 0.15) is 23.4 Å². The second-order valence-electron chi connectivity index (χ2n) is 8.35. The Bertz CT molecular complexity index is 1060. The Kier molecular flexibility index (Phi) is 8.06. The molecule has 3 atom stereocenters. The lowest BCUT2D eigenvalue weighted by atomic mass is 10.0. The minimum atomic E-state index is -3.93. The van der Waals surface area contributed by atoms with Crippen LogP contribution in [-0.4, -0.2) is 86.2 Å². The zero-order valence-electron chi connectivity index (χ0n) is 19.3. The van der Waals surface area contributed by atoms with Crippen molar-refractivity contribution in [2.24, 2.45) is 5.92 Å². The monoisotopic (exact) mass is 477 g/mol. The molecule has 10 heteroatoms. The Morgan fingerprint density at radius 3 is 2.76 bits per heavy atom. The summed E-state index contributed by atoms with van der Waals surface area (Å²) in [6.07, 6.45) is 2.87. The lowest BCUT2D eigenvalue weighted by Gasteiger charge is -2.37. The van der Waals surface area contributed by atoms with E-state index in [0.717, 1.165) is 11.1 Å². The third-order valence-electron chi connectivity index (χ3n) is 5.81. The summed E-state index contributed by atoms with van der Waals surface area (Å²) in [4.78, 5) is 18.0. The highest BCUT2D eigenvalue weighted by Gasteiger charge is 2.38. The first kappa shape index (κ1) is 25.1. The van der Waals surface area contributed by atoms with E-state index < -0.39 is 22.2 Å². The summed E-state index contributed by atoms with van der Waals surface area (Å²) in [6, 6.07) is 7.99. The van der Waals surface area contributed by atoms with E-state index >= 15 is 0 Å². The van der Waals surface area contributed by atoms with E-state index in [1.807, 2.05) is 13.0 Å². The van der Waals surface area contributed by atoms with Crippen LogP contribution in [0.1, 0.15) is 13.8 Å². The van der Waals surface area contributed by atoms with Crippen molar-refractivity contribution in [3.63, 3.8) is 0 Å². The molecule has 0 fully saturated rings. The molecule has 0 bridgehead atoms. The fourth-order valence-electron chi connectivity index (χ4n) is 3.76. The summed E-state index contributed by atoms with van der Waals surface area (Å²) in [5.74, 6) is -0.259. The normalized spacial score (nSPS) is 21.2. The maximum Gasteiger partial charge on any atom is 0.248 e. The molecule has 2 aromatic rings. The number of aliphatic hydroxyl groups is 1. The van der Waals surface area contributed by atoms with E-state index in [9.17, 15) is 18.3 Å². The van der Waals surface area contributed by atoms with Crippen LogP contribution in [0.3, 0.4) is 0 Å². The van der Waals surface area contributed by atoms with Gasteiger partial charge in [-0.25, -0.2) is 8.42 Å². The minimum Gasteiger partial charge on any atom is -0.487 e. The average Bonchev–Trinajstić information content (AvgIpc) is 2.81. The number of nitrogens with zero attached hydrogens (tertiary/aromatic N) is 3. The summed E-state index contributed by atoms with van der Waals surface area (Å²) in [5, 5.41) is 9.74. The standard InChI is InChI=1S/C23H31N3O6S/c1-16-12-26(17(2)14-27)33(29,30)22-8-7-18(19-6-5-9-24-11-19)10-20(22)32-21(16)13-25(3)23(28)15-31-4/h5-11,16-17,21,27H,12-15H2,1-4H3/t16-,17+,21+/m1/s1. The van der Waals surface area contributed by atoms with E-state index in [-0.39, 0.29) is 48.8 Å². The summed E-state index contributed by atoms with van der Waals surface area (Å²) in [5.41, 5.74) is 1.58. The Hall–Kier alpha value is -2.53. The van der Waals surface area contributed by atoms with Crippen molar-refractivity contribution in [1.82, 2.24) is 14.2 Å². The molecule has 1 aromatic heterocycles. The number of carbonyl (C=O) groups excluding carboxylic acids is 1. The lowest BCUT2D eigenvalue weighted by Crippen LogP contribution is -2.50. The van der Waals surface area contributed by atoms with Crippen molar-refractivity contribution in [3.8, 4) is 16.9 Å². The van der Waals surface area contributed by atoms with E-state index in [0.29, 0.717) is 0 Å². The van der Waals surface area contributed by atoms with Gasteiger partial charge in [0.05, 0.1) is 13.2 Å². The van der Waals surface area contributed by atoms with E-state index in [2.05, 4.69) is 4.98 Å². The van der Waals surface area contributed by atoms with Crippen molar-refractivity contribution < 1.29 is 27.8 Å². The fourth-order valence-corrected chi connectivity index (χ4v) is 5.59. The SMILES string of the molecule is COCC(=O)N(C)C[C@@H]1Oc2cc(-c3cccnc3)ccc2S(=O)(=O)N([C@@H](C)CO)C[C@H]1C. The van der Waals surface area contributed by atoms with Gasteiger partial charge < -0.3 is 19.5 Å². The van der Waals surface area contributed by atoms with Gasteiger partial charge in [0.2, 0.25) is 15.9 Å². The number of methoxy groups -OCH3 is 1. The lowest BCUT2D eigenvalue weighted by molar-refractivity contribution is -0.135. The zero-order valence-corrected chi connectivity index (χ0v) is 20.2. The first-order valence-corrected chi connectivity index (χ1v) is 12.2. The molecule has 0 aliphatic carbocycles. The Balaban J connectivity index is 2.08. The molecule has 0 spiro atoms. The smallest absolute Gasteiger partial charge is 0.248 e. The van der Waals surface area contributed by atoms with E-state index in [4.69, 9.17) is 9.47 Å². The van der Waals surface area contributed by atoms with Gasteiger partial charge in [0.25, 0.3) is 0 Å². The third kappa shape index (κ3) is 5.52. The predicted molar refractivity (Wildman–Crippen MR) is 123 cm³/mol. The van der Waals surface area contributed by atoms with Crippen LogP contribution < -0.4 is 4.74 Å². The molecule has 1 amide bonds. The molecule has 1 aromatic carbocycles. The molecule has 1 aliphatic rings. The summed E-state index contributed by atoms with van der Waals surface area (Å²) in [6.45, 7) is 3.57. The molecule has 0 unspecified atom stereocenters. The largest absolute Gasteiger partial charge is 0.487 e. The van der Waals surface area contributed by atoms with Gasteiger partial charge in [-0.2, -0.15) is 4.31 Å². The van der Waals surface area contributed by atoms with Crippen molar-refractivity contribution in [1.29, 1.82) is 0 Å². The number of pyridine rings is 1. The second kappa shape index (κ2) is 10.6. The number of fused-ring (bicyclic) bond motifs is 1. The number of rotatable bonds is 7. The highest BCUT2D eigenvalue weighted by atomic mass is 32.2. The van der Waals surface area contributed by atoms with Crippen LogP contribution in [0.15, 0.2) is 47.6 Å². The first-order valence-electron chi connectivity index (χ1n) is 10.8. The van der Waals surface area contributed by atoms with Gasteiger partial charge in [0.15, 0.2) is 0 Å². The number of benzene rings is 1. The number of carbonyl (C=O) groups is 1. The number of aromatic nitrogens is 1. The molecule has 33 heavy (non-hydrogen) atoms. The Morgan fingerprint density at radius 2 is 2.12 bits per heavy atom. The molecule has 180 valence electrons. The van der Waals surface area contributed by atoms with Gasteiger partial charge in [-0.05, 0) is 30.7 Å². The topological polar surface area (TPSA) is 109 Å². The van der Waals surface area contributed by atoms with Crippen LogP contribution in [-0.2, 0) is 19.6 Å². The van der Waals surface area contributed by atoms with Crippen LogP contribution in [0.25, 0.3) is 11.1 Å².